The van der Waals surface area contributed by atoms with Gasteiger partial charge in [0.1, 0.15) is 12.6 Å². The second-order valence-electron chi connectivity index (χ2n) is 6.40. The molecule has 1 fully saturated rings. The van der Waals surface area contributed by atoms with Crippen molar-refractivity contribution >= 4 is 29.6 Å². The molecule has 0 radical (unpaired) electrons. The number of ether oxygens (including phenoxy) is 2. The quantitative estimate of drug-likeness (QED) is 0.513. The van der Waals surface area contributed by atoms with Gasteiger partial charge in [0.25, 0.3) is 0 Å². The van der Waals surface area contributed by atoms with Gasteiger partial charge in [0.2, 0.25) is 0 Å². The van der Waals surface area contributed by atoms with Crippen molar-refractivity contribution in [3.63, 3.8) is 0 Å². The Balaban J connectivity index is 1.73. The van der Waals surface area contributed by atoms with Gasteiger partial charge in [-0.2, -0.15) is 0 Å². The van der Waals surface area contributed by atoms with E-state index in [1.165, 1.54) is 13.2 Å². The highest BCUT2D eigenvalue weighted by atomic mass is 35.5. The number of nitrogens with one attached hydrogen (secondary N) is 2. The third-order valence-corrected chi connectivity index (χ3v) is 4.61. The molecule has 2 unspecified atom stereocenters. The lowest BCUT2D eigenvalue weighted by atomic mass is 10.0. The summed E-state index contributed by atoms with van der Waals surface area (Å²) in [5.41, 5.74) is 1.58. The Hall–Kier alpha value is -3.59. The van der Waals surface area contributed by atoms with E-state index in [1.54, 1.807) is 36.4 Å². The van der Waals surface area contributed by atoms with Crippen LogP contribution in [-0.2, 0) is 11.4 Å². The Labute approximate surface area is 176 Å². The number of nitrogens with zero attached hydrogens (tertiary/aromatic N) is 1. The number of hydrogen-bond donors (Lipinski definition) is 2. The molecule has 1 aliphatic rings. The largest absolute Gasteiger partial charge is 0.493 e. The van der Waals surface area contributed by atoms with Crippen LogP contribution in [-0.4, -0.2) is 36.1 Å². The number of benzene rings is 2. The van der Waals surface area contributed by atoms with Crippen LogP contribution in [0.25, 0.3) is 6.08 Å². The number of carbonyl (C=O) groups excluding carboxylic acids is 2. The van der Waals surface area contributed by atoms with Crippen LogP contribution in [0.1, 0.15) is 11.1 Å². The predicted molar refractivity (Wildman–Crippen MR) is 109 cm³/mol. The normalized spacial score (nSPS) is 18.6. The molecular formula is C20H18ClN3O6. The fourth-order valence-corrected chi connectivity index (χ4v) is 2.99. The Kier molecular flexibility index (Phi) is 6.53. The molecule has 30 heavy (non-hydrogen) atoms. The lowest BCUT2D eigenvalue weighted by molar-refractivity contribution is -0.510. The third kappa shape index (κ3) is 5.06. The second kappa shape index (κ2) is 9.27. The maximum atomic E-state index is 11.7. The summed E-state index contributed by atoms with van der Waals surface area (Å²) in [5, 5.41) is 16.1. The first-order valence-corrected chi connectivity index (χ1v) is 9.23. The van der Waals surface area contributed by atoms with Crippen molar-refractivity contribution in [2.45, 2.75) is 18.7 Å². The lowest BCUT2D eigenvalue weighted by Crippen LogP contribution is -2.62. The Morgan fingerprint density at radius 1 is 1.17 bits per heavy atom. The van der Waals surface area contributed by atoms with Crippen LogP contribution in [0.2, 0.25) is 5.02 Å². The number of halogens is 1. The molecule has 0 bridgehead atoms. The van der Waals surface area contributed by atoms with Crippen molar-refractivity contribution in [3.05, 3.63) is 74.8 Å². The van der Waals surface area contributed by atoms with Gasteiger partial charge >= 0.3 is 18.0 Å². The van der Waals surface area contributed by atoms with E-state index in [0.717, 1.165) is 5.56 Å². The van der Waals surface area contributed by atoms with Gasteiger partial charge < -0.3 is 14.8 Å². The summed E-state index contributed by atoms with van der Waals surface area (Å²) >= 11 is 5.87. The van der Waals surface area contributed by atoms with E-state index in [2.05, 4.69) is 5.32 Å². The summed E-state index contributed by atoms with van der Waals surface area (Å²) in [5.74, 6) is 0.0161. The van der Waals surface area contributed by atoms with Gasteiger partial charge in [0.15, 0.2) is 11.5 Å². The van der Waals surface area contributed by atoms with Crippen LogP contribution in [0.15, 0.2) is 48.5 Å². The zero-order chi connectivity index (χ0) is 21.7. The van der Waals surface area contributed by atoms with Crippen molar-refractivity contribution < 1.29 is 24.0 Å². The van der Waals surface area contributed by atoms with Crippen molar-refractivity contribution in [2.75, 3.05) is 7.11 Å². The first-order chi connectivity index (χ1) is 14.4. The summed E-state index contributed by atoms with van der Waals surface area (Å²) < 4.78 is 11.1. The van der Waals surface area contributed by atoms with Crippen molar-refractivity contribution in [1.82, 2.24) is 10.6 Å². The zero-order valence-electron chi connectivity index (χ0n) is 15.8. The van der Waals surface area contributed by atoms with Gasteiger partial charge in [0.05, 0.1) is 7.11 Å². The van der Waals surface area contributed by atoms with E-state index in [0.29, 0.717) is 28.7 Å². The molecule has 10 heteroatoms. The molecule has 0 aliphatic carbocycles. The van der Waals surface area contributed by atoms with Crippen molar-refractivity contribution in [3.8, 4) is 11.5 Å². The summed E-state index contributed by atoms with van der Waals surface area (Å²) in [6, 6.07) is 8.89. The average Bonchev–Trinajstić information content (AvgIpc) is 2.71. The summed E-state index contributed by atoms with van der Waals surface area (Å²) in [7, 11) is 1.49. The molecule has 0 aromatic heterocycles. The van der Waals surface area contributed by atoms with Crippen molar-refractivity contribution in [2.24, 2.45) is 0 Å². The third-order valence-electron chi connectivity index (χ3n) is 4.36. The standard InChI is InChI=1S/C20H18ClN3O6/c1-29-17-10-12(4-8-15-18(24(27)28)19(25)23-20(26)22-15)5-9-16(17)30-11-13-2-6-14(21)7-3-13/h2-10,15,18H,11H2,1H3,(H2,22,23,25,26)/b8-4-. The van der Waals surface area contributed by atoms with Crippen LogP contribution >= 0.6 is 11.6 Å². The van der Waals surface area contributed by atoms with Gasteiger partial charge in [-0.05, 0) is 35.4 Å². The minimum absolute atomic E-state index is 0.316. The molecule has 2 N–H and O–H groups in total. The Morgan fingerprint density at radius 2 is 1.90 bits per heavy atom. The van der Waals surface area contributed by atoms with E-state index < -0.39 is 28.9 Å². The van der Waals surface area contributed by atoms with E-state index in [9.17, 15) is 19.7 Å². The molecule has 9 nitrogen and oxygen atoms in total. The van der Waals surface area contributed by atoms with E-state index >= 15 is 0 Å². The fourth-order valence-electron chi connectivity index (χ4n) is 2.86. The molecule has 0 spiro atoms. The molecule has 0 saturated carbocycles. The number of hydrogen-bond acceptors (Lipinski definition) is 6. The molecule has 3 amide bonds. The zero-order valence-corrected chi connectivity index (χ0v) is 16.6. The Morgan fingerprint density at radius 3 is 2.57 bits per heavy atom. The first-order valence-electron chi connectivity index (χ1n) is 8.85. The van der Waals surface area contributed by atoms with Crippen LogP contribution in [0.5, 0.6) is 11.5 Å². The van der Waals surface area contributed by atoms with Gasteiger partial charge in [-0.25, -0.2) is 4.79 Å². The number of urea groups is 1. The van der Waals surface area contributed by atoms with Crippen LogP contribution in [0, 0.1) is 10.1 Å². The first kappa shape index (κ1) is 21.1. The van der Waals surface area contributed by atoms with Crippen LogP contribution in [0.4, 0.5) is 4.79 Å². The minimum Gasteiger partial charge on any atom is -0.493 e. The second-order valence-corrected chi connectivity index (χ2v) is 6.84. The number of rotatable bonds is 7. The summed E-state index contributed by atoms with van der Waals surface area (Å²) in [4.78, 5) is 33.6. The minimum atomic E-state index is -1.61. The molecule has 1 saturated heterocycles. The number of methoxy groups -OCH3 is 1. The summed E-state index contributed by atoms with van der Waals surface area (Å²) in [6.45, 7) is 0.316. The monoisotopic (exact) mass is 431 g/mol. The SMILES string of the molecule is COc1cc(/C=C\C2NC(=O)NC(=O)C2[N+](=O)[O-])ccc1OCc1ccc(Cl)cc1. The van der Waals surface area contributed by atoms with Crippen LogP contribution < -0.4 is 20.1 Å². The number of imide groups is 1. The highest BCUT2D eigenvalue weighted by Crippen LogP contribution is 2.29. The predicted octanol–water partition coefficient (Wildman–Crippen LogP) is 2.79. The molecular weight excluding hydrogens is 414 g/mol. The van der Waals surface area contributed by atoms with Gasteiger partial charge in [0, 0.05) is 9.95 Å². The molecule has 2 aromatic rings. The van der Waals surface area contributed by atoms with Gasteiger partial charge in [-0.1, -0.05) is 42.0 Å². The lowest BCUT2D eigenvalue weighted by Gasteiger charge is -2.23. The smallest absolute Gasteiger partial charge is 0.322 e. The maximum absolute atomic E-state index is 11.7. The summed E-state index contributed by atoms with van der Waals surface area (Å²) in [6.07, 6.45) is 2.96. The van der Waals surface area contributed by atoms with Gasteiger partial charge in [-0.15, -0.1) is 0 Å². The number of carbonyl (C=O) groups is 2. The fraction of sp³-hybridized carbons (Fsp3) is 0.200. The molecule has 3 rings (SSSR count). The van der Waals surface area contributed by atoms with Gasteiger partial charge in [-0.3, -0.25) is 20.2 Å². The van der Waals surface area contributed by atoms with E-state index in [-0.39, 0.29) is 0 Å². The maximum Gasteiger partial charge on any atom is 0.322 e. The van der Waals surface area contributed by atoms with Crippen LogP contribution in [0.3, 0.4) is 0 Å². The molecule has 1 aliphatic heterocycles. The highest BCUT2D eigenvalue weighted by Gasteiger charge is 2.43. The molecule has 1 heterocycles. The topological polar surface area (TPSA) is 120 Å². The number of amides is 3. The van der Waals surface area contributed by atoms with E-state index in [4.69, 9.17) is 21.1 Å². The molecule has 156 valence electrons. The van der Waals surface area contributed by atoms with E-state index in [1.807, 2.05) is 17.4 Å². The molecule has 2 atom stereocenters. The average molecular weight is 432 g/mol. The Bertz CT molecular complexity index is 993. The van der Waals surface area contributed by atoms with Crippen molar-refractivity contribution in [1.29, 1.82) is 0 Å². The molecule has 2 aromatic carbocycles. The highest BCUT2D eigenvalue weighted by molar-refractivity contribution is 6.30. The number of nitro groups is 1.